The van der Waals surface area contributed by atoms with Crippen molar-refractivity contribution in [3.63, 3.8) is 0 Å². The van der Waals surface area contributed by atoms with E-state index in [1.807, 2.05) is 13.0 Å². The molecular weight excluding hydrogens is 221 g/mol. The maximum Gasteiger partial charge on any atom is 0.165 e. The van der Waals surface area contributed by atoms with E-state index in [1.54, 1.807) is 6.07 Å². The van der Waals surface area contributed by atoms with E-state index in [4.69, 9.17) is 9.47 Å². The minimum atomic E-state index is -0.327. The summed E-state index contributed by atoms with van der Waals surface area (Å²) >= 11 is 0. The first-order valence-electron chi connectivity index (χ1n) is 5.98. The largest absolute Gasteiger partial charge is 0.491 e. The zero-order valence-electron chi connectivity index (χ0n) is 10.2. The molecule has 1 aromatic rings. The lowest BCUT2D eigenvalue weighted by molar-refractivity contribution is 0.00676. The molecular formula is C13H18FNO2. The third kappa shape index (κ3) is 2.96. The fourth-order valence-corrected chi connectivity index (χ4v) is 1.89. The van der Waals surface area contributed by atoms with Crippen molar-refractivity contribution in [1.82, 2.24) is 5.32 Å². The van der Waals surface area contributed by atoms with Crippen LogP contribution in [0.5, 0.6) is 5.75 Å². The van der Waals surface area contributed by atoms with Crippen LogP contribution in [-0.2, 0) is 4.74 Å². The van der Waals surface area contributed by atoms with Crippen molar-refractivity contribution in [2.75, 3.05) is 19.8 Å². The highest BCUT2D eigenvalue weighted by atomic mass is 19.1. The van der Waals surface area contributed by atoms with E-state index in [2.05, 4.69) is 12.2 Å². The second-order valence-electron chi connectivity index (χ2n) is 4.25. The Bertz CT molecular complexity index is 376. The van der Waals surface area contributed by atoms with Crippen LogP contribution in [0.25, 0.3) is 0 Å². The molecule has 1 N–H and O–H groups in total. The van der Waals surface area contributed by atoms with Crippen molar-refractivity contribution in [3.05, 3.63) is 29.6 Å². The van der Waals surface area contributed by atoms with Crippen LogP contribution in [0.4, 0.5) is 4.39 Å². The van der Waals surface area contributed by atoms with Crippen LogP contribution in [0.15, 0.2) is 18.2 Å². The Hall–Kier alpha value is -1.13. The highest BCUT2D eigenvalue weighted by Gasteiger charge is 2.20. The molecule has 1 aromatic carbocycles. The van der Waals surface area contributed by atoms with E-state index < -0.39 is 0 Å². The summed E-state index contributed by atoms with van der Waals surface area (Å²) < 4.78 is 24.5. The molecule has 0 bridgehead atoms. The van der Waals surface area contributed by atoms with E-state index in [1.165, 1.54) is 6.07 Å². The van der Waals surface area contributed by atoms with Crippen molar-refractivity contribution < 1.29 is 13.9 Å². The van der Waals surface area contributed by atoms with Gasteiger partial charge in [-0.1, -0.05) is 6.07 Å². The van der Waals surface area contributed by atoms with Crippen molar-refractivity contribution >= 4 is 0 Å². The van der Waals surface area contributed by atoms with E-state index in [0.717, 1.165) is 5.56 Å². The smallest absolute Gasteiger partial charge is 0.165 e. The molecule has 17 heavy (non-hydrogen) atoms. The Morgan fingerprint density at radius 3 is 2.94 bits per heavy atom. The Balaban J connectivity index is 2.09. The van der Waals surface area contributed by atoms with Gasteiger partial charge in [0.2, 0.25) is 0 Å². The summed E-state index contributed by atoms with van der Waals surface area (Å²) in [5.74, 6) is -0.0278. The van der Waals surface area contributed by atoms with Gasteiger partial charge in [0, 0.05) is 12.6 Å². The van der Waals surface area contributed by atoms with Gasteiger partial charge in [-0.3, -0.25) is 0 Å². The second kappa shape index (κ2) is 5.47. The zero-order chi connectivity index (χ0) is 12.3. The third-order valence-corrected chi connectivity index (χ3v) is 2.83. The molecule has 2 atom stereocenters. The standard InChI is InChI=1S/C13H18FNO2/c1-3-16-12-5-4-10(6-11(12)14)13-7-15-9(2)8-17-13/h4-6,9,13,15H,3,7-8H2,1-2H3. The second-order valence-corrected chi connectivity index (χ2v) is 4.25. The molecule has 0 saturated carbocycles. The number of rotatable bonds is 3. The Labute approximate surface area is 101 Å². The van der Waals surface area contributed by atoms with Crippen molar-refractivity contribution in [1.29, 1.82) is 0 Å². The number of ether oxygens (including phenoxy) is 2. The van der Waals surface area contributed by atoms with Gasteiger partial charge in [0.1, 0.15) is 0 Å². The maximum absolute atomic E-state index is 13.7. The number of halogens is 1. The van der Waals surface area contributed by atoms with E-state index >= 15 is 0 Å². The molecule has 1 fully saturated rings. The van der Waals surface area contributed by atoms with Crippen LogP contribution < -0.4 is 10.1 Å². The van der Waals surface area contributed by atoms with Gasteiger partial charge in [-0.05, 0) is 31.5 Å². The summed E-state index contributed by atoms with van der Waals surface area (Å²) in [4.78, 5) is 0. The van der Waals surface area contributed by atoms with Crippen LogP contribution in [0.1, 0.15) is 25.5 Å². The van der Waals surface area contributed by atoms with Gasteiger partial charge in [-0.25, -0.2) is 4.39 Å². The molecule has 1 aliphatic rings. The number of hydrogen-bond donors (Lipinski definition) is 1. The highest BCUT2D eigenvalue weighted by molar-refractivity contribution is 5.31. The molecule has 1 heterocycles. The lowest BCUT2D eigenvalue weighted by Gasteiger charge is -2.28. The minimum Gasteiger partial charge on any atom is -0.491 e. The monoisotopic (exact) mass is 239 g/mol. The Kier molecular flexibility index (Phi) is 3.97. The maximum atomic E-state index is 13.7. The average Bonchev–Trinajstić information content (AvgIpc) is 2.33. The molecule has 2 unspecified atom stereocenters. The number of hydrogen-bond acceptors (Lipinski definition) is 3. The fraction of sp³-hybridized carbons (Fsp3) is 0.538. The predicted molar refractivity (Wildman–Crippen MR) is 63.7 cm³/mol. The Morgan fingerprint density at radius 1 is 1.53 bits per heavy atom. The first-order chi connectivity index (χ1) is 8.20. The molecule has 0 aromatic heterocycles. The van der Waals surface area contributed by atoms with Gasteiger partial charge in [-0.15, -0.1) is 0 Å². The van der Waals surface area contributed by atoms with Crippen molar-refractivity contribution in [3.8, 4) is 5.75 Å². The average molecular weight is 239 g/mol. The van der Waals surface area contributed by atoms with E-state index in [0.29, 0.717) is 31.5 Å². The molecule has 3 nitrogen and oxygen atoms in total. The molecule has 94 valence electrons. The van der Waals surface area contributed by atoms with Crippen LogP contribution in [-0.4, -0.2) is 25.8 Å². The minimum absolute atomic E-state index is 0.0728. The lowest BCUT2D eigenvalue weighted by Crippen LogP contribution is -2.40. The van der Waals surface area contributed by atoms with Crippen LogP contribution >= 0.6 is 0 Å². The molecule has 0 amide bonds. The normalized spacial score (nSPS) is 24.6. The summed E-state index contributed by atoms with van der Waals surface area (Å²) in [6.45, 7) is 5.74. The first kappa shape index (κ1) is 12.3. The van der Waals surface area contributed by atoms with Gasteiger partial charge < -0.3 is 14.8 Å². The Morgan fingerprint density at radius 2 is 2.35 bits per heavy atom. The summed E-state index contributed by atoms with van der Waals surface area (Å²) in [5, 5.41) is 3.31. The van der Waals surface area contributed by atoms with Gasteiger partial charge in [0.25, 0.3) is 0 Å². The number of nitrogens with one attached hydrogen (secondary N) is 1. The third-order valence-electron chi connectivity index (χ3n) is 2.83. The van der Waals surface area contributed by atoms with E-state index in [9.17, 15) is 4.39 Å². The molecule has 4 heteroatoms. The molecule has 0 radical (unpaired) electrons. The van der Waals surface area contributed by atoms with Crippen LogP contribution in [0, 0.1) is 5.82 Å². The van der Waals surface area contributed by atoms with Crippen molar-refractivity contribution in [2.45, 2.75) is 26.0 Å². The van der Waals surface area contributed by atoms with Gasteiger partial charge >= 0.3 is 0 Å². The predicted octanol–water partition coefficient (Wildman–Crippen LogP) is 2.27. The molecule has 0 spiro atoms. The fourth-order valence-electron chi connectivity index (χ4n) is 1.89. The van der Waals surface area contributed by atoms with Crippen molar-refractivity contribution in [2.24, 2.45) is 0 Å². The van der Waals surface area contributed by atoms with Gasteiger partial charge in [0.05, 0.1) is 19.3 Å². The molecule has 2 rings (SSSR count). The highest BCUT2D eigenvalue weighted by Crippen LogP contribution is 2.25. The first-order valence-corrected chi connectivity index (χ1v) is 5.98. The summed E-state index contributed by atoms with van der Waals surface area (Å²) in [6.07, 6.45) is -0.0728. The molecule has 0 aliphatic carbocycles. The quantitative estimate of drug-likeness (QED) is 0.877. The number of benzene rings is 1. The van der Waals surface area contributed by atoms with Crippen LogP contribution in [0.3, 0.4) is 0 Å². The van der Waals surface area contributed by atoms with Gasteiger partial charge in [-0.2, -0.15) is 0 Å². The topological polar surface area (TPSA) is 30.5 Å². The molecule has 1 saturated heterocycles. The zero-order valence-corrected chi connectivity index (χ0v) is 10.2. The number of morpholine rings is 1. The van der Waals surface area contributed by atoms with Crippen LogP contribution in [0.2, 0.25) is 0 Å². The van der Waals surface area contributed by atoms with E-state index in [-0.39, 0.29) is 11.9 Å². The summed E-state index contributed by atoms with van der Waals surface area (Å²) in [5.41, 5.74) is 0.852. The summed E-state index contributed by atoms with van der Waals surface area (Å²) in [7, 11) is 0. The summed E-state index contributed by atoms with van der Waals surface area (Å²) in [6, 6.07) is 5.37. The molecule has 1 aliphatic heterocycles. The van der Waals surface area contributed by atoms with Gasteiger partial charge in [0.15, 0.2) is 11.6 Å². The lowest BCUT2D eigenvalue weighted by atomic mass is 10.1. The SMILES string of the molecule is CCOc1ccc(C2CNC(C)CO2)cc1F.